The summed E-state index contributed by atoms with van der Waals surface area (Å²) in [6, 6.07) is 10.8. The van der Waals surface area contributed by atoms with E-state index < -0.39 is 5.54 Å². The monoisotopic (exact) mass is 434 g/mol. The van der Waals surface area contributed by atoms with E-state index in [9.17, 15) is 5.26 Å². The van der Waals surface area contributed by atoms with Crippen molar-refractivity contribution < 1.29 is 19.4 Å². The molecule has 2 aliphatic carbocycles. The number of methoxy groups -OCH3 is 1. The number of aromatic nitrogens is 1. The largest absolute Gasteiger partial charge is 0.483 e. The first-order valence-electron chi connectivity index (χ1n) is 10.6. The van der Waals surface area contributed by atoms with E-state index in [1.807, 2.05) is 6.07 Å². The van der Waals surface area contributed by atoms with Crippen LogP contribution in [-0.2, 0) is 26.2 Å². The minimum Gasteiger partial charge on any atom is -0.483 e. The van der Waals surface area contributed by atoms with Crippen molar-refractivity contribution in [3.63, 3.8) is 0 Å². The van der Waals surface area contributed by atoms with Gasteiger partial charge in [0, 0.05) is 30.5 Å². The van der Waals surface area contributed by atoms with E-state index in [1.165, 1.54) is 11.1 Å². The molecule has 1 saturated carbocycles. The number of carbonyl (C=O) groups is 1. The minimum absolute atomic E-state index is 0.0108. The highest BCUT2D eigenvalue weighted by atomic mass is 16.5. The van der Waals surface area contributed by atoms with Crippen LogP contribution in [-0.4, -0.2) is 42.4 Å². The minimum atomic E-state index is -0.443. The second-order valence-electron chi connectivity index (χ2n) is 8.54. The Morgan fingerprint density at radius 2 is 2.03 bits per heavy atom. The SMILES string of the molecule is CO[C@H]1CC[C@]2(CC1)Cc1ccc(-c3cncc(C#N)c3)cc1C21COC(N)=N1.O=CO. The second-order valence-corrected chi connectivity index (χ2v) is 8.54. The number of amidine groups is 1. The molecule has 8 nitrogen and oxygen atoms in total. The van der Waals surface area contributed by atoms with Gasteiger partial charge in [-0.25, -0.2) is 4.99 Å². The highest BCUT2D eigenvalue weighted by Crippen LogP contribution is 2.61. The Kier molecular flexibility index (Phi) is 5.85. The molecule has 32 heavy (non-hydrogen) atoms. The first-order valence-corrected chi connectivity index (χ1v) is 10.6. The van der Waals surface area contributed by atoms with Crippen LogP contribution >= 0.6 is 0 Å². The number of nitrogens with two attached hydrogens (primary N) is 1. The summed E-state index contributed by atoms with van der Waals surface area (Å²) < 4.78 is 11.4. The van der Waals surface area contributed by atoms with Gasteiger partial charge in [0.25, 0.3) is 12.5 Å². The van der Waals surface area contributed by atoms with Gasteiger partial charge in [0.2, 0.25) is 0 Å². The molecule has 0 amide bonds. The summed E-state index contributed by atoms with van der Waals surface area (Å²) in [5, 5.41) is 16.1. The molecule has 0 saturated heterocycles. The zero-order chi connectivity index (χ0) is 22.8. The number of aliphatic imine (C=N–C) groups is 1. The Labute approximate surface area is 186 Å². The molecule has 8 heteroatoms. The number of pyridine rings is 1. The molecule has 3 aliphatic rings. The standard InChI is InChI=1S/C23H24N4O2.CH2O2/c1-28-19-4-6-22(7-5-19)10-17-3-2-16(18-8-15(11-24)12-26-13-18)9-20(17)23(22)14-29-21(25)27-23;2-1-3/h2-3,8-9,12-13,19H,4-7,10,14H2,1H3,(H2,25,27);1H,(H,2,3)/t19-,22-,23?;. The molecule has 1 unspecified atom stereocenters. The average Bonchev–Trinajstić information content (AvgIpc) is 3.33. The quantitative estimate of drug-likeness (QED) is 0.695. The summed E-state index contributed by atoms with van der Waals surface area (Å²) in [4.78, 5) is 17.5. The van der Waals surface area contributed by atoms with Gasteiger partial charge in [-0.1, -0.05) is 12.1 Å². The predicted molar refractivity (Wildman–Crippen MR) is 118 cm³/mol. The molecule has 1 atom stereocenters. The lowest BCUT2D eigenvalue weighted by Crippen LogP contribution is -2.46. The van der Waals surface area contributed by atoms with Crippen molar-refractivity contribution in [2.45, 2.75) is 43.7 Å². The van der Waals surface area contributed by atoms with Gasteiger partial charge in [0.1, 0.15) is 18.2 Å². The van der Waals surface area contributed by atoms with E-state index in [0.717, 1.165) is 43.2 Å². The van der Waals surface area contributed by atoms with Crippen LogP contribution in [0.15, 0.2) is 41.7 Å². The zero-order valence-corrected chi connectivity index (χ0v) is 18.0. The molecule has 166 valence electrons. The summed E-state index contributed by atoms with van der Waals surface area (Å²) in [6.45, 7) is 0.240. The van der Waals surface area contributed by atoms with Crippen molar-refractivity contribution in [1.29, 1.82) is 5.26 Å². The first-order chi connectivity index (χ1) is 15.5. The van der Waals surface area contributed by atoms with Crippen molar-refractivity contribution >= 4 is 12.5 Å². The summed E-state index contributed by atoms with van der Waals surface area (Å²) >= 11 is 0. The summed E-state index contributed by atoms with van der Waals surface area (Å²) in [6.07, 6.45) is 8.83. The maximum Gasteiger partial charge on any atom is 0.290 e. The van der Waals surface area contributed by atoms with Gasteiger partial charge >= 0.3 is 0 Å². The molecule has 1 aromatic heterocycles. The topological polar surface area (TPSA) is 131 Å². The fourth-order valence-electron chi connectivity index (χ4n) is 5.56. The van der Waals surface area contributed by atoms with Crippen LogP contribution in [0.25, 0.3) is 11.1 Å². The maximum atomic E-state index is 9.22. The number of hydrogen-bond acceptors (Lipinski definition) is 7. The van der Waals surface area contributed by atoms with Crippen molar-refractivity contribution in [3.8, 4) is 17.2 Å². The van der Waals surface area contributed by atoms with Crippen LogP contribution in [0.5, 0.6) is 0 Å². The normalized spacial score (nSPS) is 27.6. The fraction of sp³-hybridized carbons (Fsp3) is 0.417. The zero-order valence-electron chi connectivity index (χ0n) is 18.0. The van der Waals surface area contributed by atoms with Crippen LogP contribution in [0.3, 0.4) is 0 Å². The number of carboxylic acid groups (broad SMARTS) is 1. The molecule has 1 aromatic carbocycles. The third-order valence-electron chi connectivity index (χ3n) is 7.12. The molecule has 2 aromatic rings. The number of fused-ring (bicyclic) bond motifs is 3. The van der Waals surface area contributed by atoms with Crippen LogP contribution < -0.4 is 5.73 Å². The van der Waals surface area contributed by atoms with Crippen LogP contribution in [0, 0.1) is 16.7 Å². The van der Waals surface area contributed by atoms with E-state index in [2.05, 4.69) is 29.3 Å². The van der Waals surface area contributed by atoms with Crippen LogP contribution in [0.4, 0.5) is 0 Å². The lowest BCUT2D eigenvalue weighted by Gasteiger charge is -2.45. The van der Waals surface area contributed by atoms with Crippen molar-refractivity contribution in [2.24, 2.45) is 16.1 Å². The van der Waals surface area contributed by atoms with Gasteiger partial charge in [-0.15, -0.1) is 0 Å². The molecule has 2 heterocycles. The Morgan fingerprint density at radius 3 is 2.66 bits per heavy atom. The average molecular weight is 434 g/mol. The Morgan fingerprint density at radius 1 is 1.28 bits per heavy atom. The maximum absolute atomic E-state index is 9.22. The highest BCUT2D eigenvalue weighted by Gasteiger charge is 2.61. The molecular weight excluding hydrogens is 408 g/mol. The Bertz CT molecular complexity index is 1090. The Hall–Kier alpha value is -3.44. The molecule has 0 bridgehead atoms. The molecule has 2 spiro atoms. The van der Waals surface area contributed by atoms with Gasteiger partial charge in [-0.2, -0.15) is 5.26 Å². The number of nitriles is 1. The van der Waals surface area contributed by atoms with Gasteiger partial charge in [-0.05, 0) is 60.9 Å². The second kappa shape index (κ2) is 8.60. The van der Waals surface area contributed by atoms with Crippen molar-refractivity contribution in [1.82, 2.24) is 4.98 Å². The fourth-order valence-corrected chi connectivity index (χ4v) is 5.56. The summed E-state index contributed by atoms with van der Waals surface area (Å²) in [5.41, 5.74) is 10.6. The number of benzene rings is 1. The van der Waals surface area contributed by atoms with E-state index >= 15 is 0 Å². The number of ether oxygens (including phenoxy) is 2. The lowest BCUT2D eigenvalue weighted by molar-refractivity contribution is -0.122. The Balaban J connectivity index is 0.000000775. The van der Waals surface area contributed by atoms with E-state index in [1.54, 1.807) is 19.5 Å². The summed E-state index contributed by atoms with van der Waals surface area (Å²) in [5.74, 6) is 0. The van der Waals surface area contributed by atoms with E-state index in [0.29, 0.717) is 18.3 Å². The third-order valence-corrected chi connectivity index (χ3v) is 7.12. The lowest BCUT2D eigenvalue weighted by atomic mass is 9.62. The predicted octanol–water partition coefficient (Wildman–Crippen LogP) is 2.99. The van der Waals surface area contributed by atoms with Gasteiger partial charge in [-0.3, -0.25) is 9.78 Å². The molecule has 0 radical (unpaired) electrons. The van der Waals surface area contributed by atoms with E-state index in [-0.39, 0.29) is 17.9 Å². The van der Waals surface area contributed by atoms with Crippen molar-refractivity contribution in [2.75, 3.05) is 13.7 Å². The van der Waals surface area contributed by atoms with Crippen molar-refractivity contribution in [3.05, 3.63) is 53.3 Å². The molecular formula is C24H26N4O4. The first kappa shape index (κ1) is 21.8. The van der Waals surface area contributed by atoms with Crippen LogP contribution in [0.2, 0.25) is 0 Å². The third kappa shape index (κ3) is 3.49. The highest BCUT2D eigenvalue weighted by molar-refractivity contribution is 5.76. The molecule has 5 rings (SSSR count). The number of hydrogen-bond donors (Lipinski definition) is 2. The summed E-state index contributed by atoms with van der Waals surface area (Å²) in [7, 11) is 1.80. The van der Waals surface area contributed by atoms with Gasteiger partial charge in [0.05, 0.1) is 11.7 Å². The smallest absolute Gasteiger partial charge is 0.290 e. The van der Waals surface area contributed by atoms with Crippen LogP contribution in [0.1, 0.15) is 42.4 Å². The molecule has 1 fully saturated rings. The number of nitrogens with zero attached hydrogens (tertiary/aromatic N) is 3. The van der Waals surface area contributed by atoms with Gasteiger partial charge < -0.3 is 20.3 Å². The molecule has 3 N–H and O–H groups in total. The molecule has 1 aliphatic heterocycles. The van der Waals surface area contributed by atoms with Gasteiger partial charge in [0.15, 0.2) is 0 Å². The van der Waals surface area contributed by atoms with E-state index in [4.69, 9.17) is 30.1 Å². The number of rotatable bonds is 2.